The molecule has 3 rings (SSSR count). The second-order valence-corrected chi connectivity index (χ2v) is 6.82. The van der Waals surface area contributed by atoms with E-state index in [1.54, 1.807) is 24.3 Å². The summed E-state index contributed by atoms with van der Waals surface area (Å²) in [6.45, 7) is 1.65. The van der Waals surface area contributed by atoms with Crippen molar-refractivity contribution < 1.29 is 19.1 Å². The van der Waals surface area contributed by atoms with E-state index < -0.39 is 5.41 Å². The van der Waals surface area contributed by atoms with Crippen LogP contribution in [0.4, 0.5) is 5.69 Å². The molecule has 0 bridgehead atoms. The summed E-state index contributed by atoms with van der Waals surface area (Å²) in [5.74, 6) is -0.662. The fraction of sp³-hybridized carbons (Fsp3) is 0.318. The van der Waals surface area contributed by atoms with Crippen LogP contribution in [0.25, 0.3) is 0 Å². The van der Waals surface area contributed by atoms with Gasteiger partial charge in [-0.3, -0.25) is 14.4 Å². The van der Waals surface area contributed by atoms with Crippen LogP contribution in [0.3, 0.4) is 0 Å². The van der Waals surface area contributed by atoms with Crippen LogP contribution in [0.1, 0.15) is 48.5 Å². The second kappa shape index (κ2) is 8.16. The first kappa shape index (κ1) is 18.8. The molecule has 2 aromatic carbocycles. The van der Waals surface area contributed by atoms with Crippen molar-refractivity contribution >= 4 is 23.3 Å². The van der Waals surface area contributed by atoms with Gasteiger partial charge in [-0.05, 0) is 49.1 Å². The Bertz CT molecular complexity index is 823. The zero-order valence-electron chi connectivity index (χ0n) is 15.4. The molecule has 1 N–H and O–H groups in total. The lowest BCUT2D eigenvalue weighted by Crippen LogP contribution is -2.25. The van der Waals surface area contributed by atoms with E-state index in [4.69, 9.17) is 4.74 Å². The molecule has 1 aliphatic carbocycles. The number of nitrogens with one attached hydrogen (secondary N) is 1. The number of carbonyl (C=O) groups excluding carboxylic acids is 3. The zero-order valence-corrected chi connectivity index (χ0v) is 15.4. The lowest BCUT2D eigenvalue weighted by atomic mass is 9.96. The third-order valence-electron chi connectivity index (χ3n) is 4.77. The molecule has 0 aliphatic heterocycles. The highest BCUT2D eigenvalue weighted by molar-refractivity contribution is 5.99. The van der Waals surface area contributed by atoms with Crippen molar-refractivity contribution in [3.8, 4) is 0 Å². The maximum Gasteiger partial charge on any atom is 0.317 e. The number of amides is 1. The Morgan fingerprint density at radius 2 is 1.67 bits per heavy atom. The molecule has 0 heterocycles. The Hall–Kier alpha value is -2.95. The number of esters is 1. The highest BCUT2D eigenvalue weighted by atomic mass is 16.5. The van der Waals surface area contributed by atoms with Crippen LogP contribution in [0, 0.1) is 0 Å². The predicted molar refractivity (Wildman–Crippen MR) is 103 cm³/mol. The average Bonchev–Trinajstić information content (AvgIpc) is 3.49. The van der Waals surface area contributed by atoms with Crippen molar-refractivity contribution in [2.24, 2.45) is 0 Å². The van der Waals surface area contributed by atoms with Gasteiger partial charge in [-0.1, -0.05) is 37.3 Å². The molecule has 0 radical (unpaired) electrons. The SMILES string of the molecule is CCCC(=O)Nc1ccc(C(=O)COC(=O)C2(c3ccccc3)CC2)cc1. The van der Waals surface area contributed by atoms with E-state index in [-0.39, 0.29) is 24.3 Å². The molecule has 5 nitrogen and oxygen atoms in total. The fourth-order valence-corrected chi connectivity index (χ4v) is 3.04. The normalized spacial score (nSPS) is 14.3. The zero-order chi connectivity index (χ0) is 19.3. The first-order valence-electron chi connectivity index (χ1n) is 9.21. The van der Waals surface area contributed by atoms with Gasteiger partial charge in [0, 0.05) is 17.7 Å². The van der Waals surface area contributed by atoms with E-state index in [2.05, 4.69) is 5.32 Å². The molecule has 140 valence electrons. The number of rotatable bonds is 8. The summed E-state index contributed by atoms with van der Waals surface area (Å²) < 4.78 is 5.31. The van der Waals surface area contributed by atoms with E-state index in [0.29, 0.717) is 17.7 Å². The molecule has 0 saturated heterocycles. The van der Waals surface area contributed by atoms with Gasteiger partial charge in [0.2, 0.25) is 5.91 Å². The highest BCUT2D eigenvalue weighted by Gasteiger charge is 2.52. The summed E-state index contributed by atoms with van der Waals surface area (Å²) in [6, 6.07) is 16.1. The summed E-state index contributed by atoms with van der Waals surface area (Å²) >= 11 is 0. The van der Waals surface area contributed by atoms with Gasteiger partial charge in [0.25, 0.3) is 0 Å². The lowest BCUT2D eigenvalue weighted by Gasteiger charge is -2.14. The third kappa shape index (κ3) is 4.42. The van der Waals surface area contributed by atoms with Gasteiger partial charge < -0.3 is 10.1 Å². The summed E-state index contributed by atoms with van der Waals surface area (Å²) in [7, 11) is 0. The Kier molecular flexibility index (Phi) is 5.69. The molecule has 0 atom stereocenters. The van der Waals surface area contributed by atoms with Crippen molar-refractivity contribution in [3.05, 3.63) is 65.7 Å². The minimum atomic E-state index is -0.588. The summed E-state index contributed by atoms with van der Waals surface area (Å²) in [5, 5.41) is 2.77. The number of ether oxygens (including phenoxy) is 1. The molecular weight excluding hydrogens is 342 g/mol. The lowest BCUT2D eigenvalue weighted by molar-refractivity contribution is -0.145. The van der Waals surface area contributed by atoms with Crippen LogP contribution in [0.2, 0.25) is 0 Å². The van der Waals surface area contributed by atoms with E-state index in [1.165, 1.54) is 0 Å². The number of ketones is 1. The first-order chi connectivity index (χ1) is 13.0. The molecule has 1 fully saturated rings. The number of Topliss-reactive ketones (excluding diaryl/α,β-unsaturated/α-hetero) is 1. The van der Waals surface area contributed by atoms with Gasteiger partial charge in [0.1, 0.15) is 0 Å². The van der Waals surface area contributed by atoms with Crippen LogP contribution >= 0.6 is 0 Å². The van der Waals surface area contributed by atoms with Gasteiger partial charge >= 0.3 is 5.97 Å². The van der Waals surface area contributed by atoms with E-state index >= 15 is 0 Å². The van der Waals surface area contributed by atoms with Crippen molar-refractivity contribution in [3.63, 3.8) is 0 Å². The van der Waals surface area contributed by atoms with Gasteiger partial charge in [-0.25, -0.2) is 0 Å². The largest absolute Gasteiger partial charge is 0.457 e. The Balaban J connectivity index is 1.55. The van der Waals surface area contributed by atoms with Gasteiger partial charge in [-0.2, -0.15) is 0 Å². The fourth-order valence-electron chi connectivity index (χ4n) is 3.04. The standard InChI is InChI=1S/C22H23NO4/c1-2-6-20(25)23-18-11-9-16(10-12-18)19(24)15-27-21(26)22(13-14-22)17-7-4-3-5-8-17/h3-5,7-12H,2,6,13-15H2,1H3,(H,23,25). The van der Waals surface area contributed by atoms with Crippen LogP contribution in [-0.2, 0) is 19.7 Å². The summed E-state index contributed by atoms with van der Waals surface area (Å²) in [5.41, 5.74) is 1.44. The van der Waals surface area contributed by atoms with E-state index in [9.17, 15) is 14.4 Å². The number of hydrogen-bond acceptors (Lipinski definition) is 4. The van der Waals surface area contributed by atoms with Crippen LogP contribution < -0.4 is 5.32 Å². The minimum Gasteiger partial charge on any atom is -0.457 e. The molecule has 27 heavy (non-hydrogen) atoms. The van der Waals surface area contributed by atoms with Crippen LogP contribution in [0.5, 0.6) is 0 Å². The monoisotopic (exact) mass is 365 g/mol. The van der Waals surface area contributed by atoms with E-state index in [1.807, 2.05) is 37.3 Å². The van der Waals surface area contributed by atoms with Crippen molar-refractivity contribution in [2.45, 2.75) is 38.0 Å². The number of carbonyl (C=O) groups is 3. The molecule has 0 aromatic heterocycles. The molecule has 0 spiro atoms. The molecule has 2 aromatic rings. The van der Waals surface area contributed by atoms with Crippen LogP contribution in [-0.4, -0.2) is 24.3 Å². The smallest absolute Gasteiger partial charge is 0.317 e. The van der Waals surface area contributed by atoms with Crippen molar-refractivity contribution in [1.29, 1.82) is 0 Å². The number of anilines is 1. The maximum absolute atomic E-state index is 12.5. The summed E-state index contributed by atoms with van der Waals surface area (Å²) in [4.78, 5) is 36.4. The number of hydrogen-bond donors (Lipinski definition) is 1. The summed E-state index contributed by atoms with van der Waals surface area (Å²) in [6.07, 6.45) is 2.73. The van der Waals surface area contributed by atoms with E-state index in [0.717, 1.165) is 24.8 Å². The molecule has 1 aliphatic rings. The Morgan fingerprint density at radius 3 is 2.26 bits per heavy atom. The van der Waals surface area contributed by atoms with Gasteiger partial charge in [0.05, 0.1) is 5.41 Å². The Labute approximate surface area is 158 Å². The van der Waals surface area contributed by atoms with Crippen molar-refractivity contribution in [1.82, 2.24) is 0 Å². The third-order valence-corrected chi connectivity index (χ3v) is 4.77. The highest BCUT2D eigenvalue weighted by Crippen LogP contribution is 2.49. The maximum atomic E-state index is 12.5. The predicted octanol–water partition coefficient (Wildman–Crippen LogP) is 3.88. The quantitative estimate of drug-likeness (QED) is 0.569. The Morgan fingerprint density at radius 1 is 1.00 bits per heavy atom. The first-order valence-corrected chi connectivity index (χ1v) is 9.21. The number of benzene rings is 2. The molecular formula is C22H23NO4. The molecule has 0 unspecified atom stereocenters. The molecule has 5 heteroatoms. The molecule has 1 amide bonds. The van der Waals surface area contributed by atoms with Gasteiger partial charge in [0.15, 0.2) is 12.4 Å². The molecule has 1 saturated carbocycles. The van der Waals surface area contributed by atoms with Crippen molar-refractivity contribution in [2.75, 3.05) is 11.9 Å². The topological polar surface area (TPSA) is 72.5 Å². The average molecular weight is 365 g/mol. The van der Waals surface area contributed by atoms with Crippen LogP contribution in [0.15, 0.2) is 54.6 Å². The second-order valence-electron chi connectivity index (χ2n) is 6.82. The minimum absolute atomic E-state index is 0.0545. The van der Waals surface area contributed by atoms with Gasteiger partial charge in [-0.15, -0.1) is 0 Å².